The first-order valence-electron chi connectivity index (χ1n) is 6.57. The Morgan fingerprint density at radius 3 is 3.00 bits per heavy atom. The zero-order valence-electron chi connectivity index (χ0n) is 10.6. The molecule has 0 unspecified atom stereocenters. The fourth-order valence-corrected chi connectivity index (χ4v) is 3.62. The molecule has 0 aliphatic heterocycles. The number of fused-ring (bicyclic) bond motifs is 1. The van der Waals surface area contributed by atoms with E-state index in [0.717, 1.165) is 16.7 Å². The van der Waals surface area contributed by atoms with Crippen LogP contribution in [0.1, 0.15) is 25.7 Å². The summed E-state index contributed by atoms with van der Waals surface area (Å²) in [6, 6.07) is 6.22. The van der Waals surface area contributed by atoms with Crippen LogP contribution in [0.5, 0.6) is 0 Å². The molecule has 0 bridgehead atoms. The predicted molar refractivity (Wildman–Crippen MR) is 75.4 cm³/mol. The van der Waals surface area contributed by atoms with E-state index in [1.54, 1.807) is 0 Å². The van der Waals surface area contributed by atoms with Gasteiger partial charge in [0.1, 0.15) is 0 Å². The van der Waals surface area contributed by atoms with E-state index in [2.05, 4.69) is 18.6 Å². The molecule has 0 saturated heterocycles. The number of nitrogens with one attached hydrogen (secondary N) is 2. The van der Waals surface area contributed by atoms with Gasteiger partial charge in [-0.25, -0.2) is 0 Å². The third kappa shape index (κ3) is 3.03. The first-order valence-corrected chi connectivity index (χ1v) is 8.10. The van der Waals surface area contributed by atoms with E-state index in [-0.39, 0.29) is 20.9 Å². The number of benzene rings is 1. The van der Waals surface area contributed by atoms with E-state index in [0.29, 0.717) is 12.6 Å². The third-order valence-corrected chi connectivity index (χ3v) is 4.60. The number of nitrogens with zero attached hydrogens (tertiary/aromatic N) is 2. The Balaban J connectivity index is 1.60. The summed E-state index contributed by atoms with van der Waals surface area (Å²) in [6.45, 7) is 0.372. The van der Waals surface area contributed by atoms with Gasteiger partial charge in [-0.3, -0.25) is 0 Å². The van der Waals surface area contributed by atoms with E-state index in [1.165, 1.54) is 25.7 Å². The Morgan fingerprint density at radius 1 is 1.32 bits per heavy atom. The van der Waals surface area contributed by atoms with Gasteiger partial charge in [0.15, 0.2) is 0 Å². The van der Waals surface area contributed by atoms with Crippen LogP contribution in [-0.4, -0.2) is 41.4 Å². The molecule has 5 nitrogen and oxygen atoms in total. The zero-order chi connectivity index (χ0) is 13.1. The molecule has 1 aliphatic carbocycles. The van der Waals surface area contributed by atoms with Crippen LogP contribution in [0.25, 0.3) is 11.0 Å². The summed E-state index contributed by atoms with van der Waals surface area (Å²) in [6.07, 6.45) is 4.91. The van der Waals surface area contributed by atoms with Gasteiger partial charge in [-0.15, -0.1) is 0 Å². The van der Waals surface area contributed by atoms with E-state index >= 15 is 0 Å². The molecule has 1 aromatic heterocycles. The summed E-state index contributed by atoms with van der Waals surface area (Å²) in [5, 5.41) is 6.23. The number of hydrogen-bond acceptors (Lipinski definition) is 4. The minimum absolute atomic E-state index is 0.00472. The fourth-order valence-electron chi connectivity index (χ4n) is 2.47. The Bertz CT molecular complexity index is 577. The van der Waals surface area contributed by atoms with Crippen LogP contribution in [-0.2, 0) is 4.79 Å². The summed E-state index contributed by atoms with van der Waals surface area (Å²) in [7, 11) is 0. The fraction of sp³-hybridized carbons (Fsp3) is 0.462. The first kappa shape index (κ1) is 12.8. The molecule has 0 radical (unpaired) electrons. The molecule has 0 spiro atoms. The molecule has 100 valence electrons. The van der Waals surface area contributed by atoms with E-state index in [1.807, 2.05) is 18.2 Å². The summed E-state index contributed by atoms with van der Waals surface area (Å²) < 4.78 is 8.66. The second-order valence-corrected chi connectivity index (χ2v) is 5.96. The molecule has 1 aromatic carbocycles. The Labute approximate surface area is 118 Å². The van der Waals surface area contributed by atoms with E-state index < -0.39 is 0 Å². The van der Waals surface area contributed by atoms with Crippen LogP contribution in [0.2, 0.25) is 0 Å². The number of anilines is 1. The number of carbonyl (C=O) groups is 1. The van der Waals surface area contributed by atoms with Crippen LogP contribution in [0.3, 0.4) is 0 Å². The van der Waals surface area contributed by atoms with Crippen molar-refractivity contribution >= 4 is 37.6 Å². The molecule has 3 rings (SSSR count). The summed E-state index contributed by atoms with van der Waals surface area (Å²) in [4.78, 5) is 11.9. The van der Waals surface area contributed by atoms with Crippen LogP contribution >= 0.6 is 0 Å². The summed E-state index contributed by atoms with van der Waals surface area (Å²) in [5.74, 6) is -0.00472. The van der Waals surface area contributed by atoms with Gasteiger partial charge in [-0.05, 0) is 0 Å². The second kappa shape index (κ2) is 5.82. The van der Waals surface area contributed by atoms with Crippen molar-refractivity contribution < 1.29 is 4.79 Å². The van der Waals surface area contributed by atoms with E-state index in [4.69, 9.17) is 0 Å². The molecule has 1 aliphatic rings. The molecular formula is C13H16N4OSe. The van der Waals surface area contributed by atoms with Crippen molar-refractivity contribution in [2.24, 2.45) is 0 Å². The average molecular weight is 323 g/mol. The molecule has 6 heteroatoms. The topological polar surface area (TPSA) is 66.9 Å². The molecule has 19 heavy (non-hydrogen) atoms. The zero-order valence-corrected chi connectivity index (χ0v) is 12.3. The van der Waals surface area contributed by atoms with Gasteiger partial charge < -0.3 is 0 Å². The maximum atomic E-state index is 11.9. The van der Waals surface area contributed by atoms with Crippen LogP contribution in [0.15, 0.2) is 18.2 Å². The summed E-state index contributed by atoms with van der Waals surface area (Å²) >= 11 is -0.0642. The predicted octanol–water partition coefficient (Wildman–Crippen LogP) is 1.16. The van der Waals surface area contributed by atoms with Gasteiger partial charge in [0.2, 0.25) is 0 Å². The van der Waals surface area contributed by atoms with Crippen molar-refractivity contribution in [3.8, 4) is 0 Å². The van der Waals surface area contributed by atoms with Crippen LogP contribution in [0, 0.1) is 0 Å². The molecule has 0 atom stereocenters. The third-order valence-electron chi connectivity index (χ3n) is 3.47. The SMILES string of the molecule is O=C(CNC1CCCC1)Nc1cccc2n[se]nc12. The van der Waals surface area contributed by atoms with Gasteiger partial charge >= 0.3 is 117 Å². The van der Waals surface area contributed by atoms with Crippen molar-refractivity contribution in [2.75, 3.05) is 11.9 Å². The summed E-state index contributed by atoms with van der Waals surface area (Å²) in [5.41, 5.74) is 2.50. The van der Waals surface area contributed by atoms with Gasteiger partial charge in [0, 0.05) is 0 Å². The van der Waals surface area contributed by atoms with Crippen molar-refractivity contribution in [2.45, 2.75) is 31.7 Å². The van der Waals surface area contributed by atoms with Gasteiger partial charge in [-0.2, -0.15) is 0 Å². The maximum absolute atomic E-state index is 11.9. The minimum atomic E-state index is -0.0642. The second-order valence-electron chi connectivity index (χ2n) is 4.85. The first-order chi connectivity index (χ1) is 9.33. The number of rotatable bonds is 4. The van der Waals surface area contributed by atoms with Gasteiger partial charge in [0.25, 0.3) is 0 Å². The number of hydrogen-bond donors (Lipinski definition) is 2. The Hall–Kier alpha value is -1.23. The Morgan fingerprint density at radius 2 is 2.16 bits per heavy atom. The van der Waals surface area contributed by atoms with Crippen molar-refractivity contribution in [3.63, 3.8) is 0 Å². The van der Waals surface area contributed by atoms with E-state index in [9.17, 15) is 4.79 Å². The number of aromatic nitrogens is 2. The van der Waals surface area contributed by atoms with Crippen LogP contribution < -0.4 is 10.6 Å². The molecule has 1 fully saturated rings. The molecule has 1 saturated carbocycles. The Kier molecular flexibility index (Phi) is 3.92. The molecule has 1 heterocycles. The number of amides is 1. The molecular weight excluding hydrogens is 307 g/mol. The molecule has 1 amide bonds. The molecule has 2 aromatic rings. The van der Waals surface area contributed by atoms with Crippen molar-refractivity contribution in [3.05, 3.63) is 18.2 Å². The van der Waals surface area contributed by atoms with Gasteiger partial charge in [0.05, 0.1) is 0 Å². The quantitative estimate of drug-likeness (QED) is 0.829. The monoisotopic (exact) mass is 324 g/mol. The average Bonchev–Trinajstić information content (AvgIpc) is 3.08. The van der Waals surface area contributed by atoms with Crippen molar-refractivity contribution in [1.29, 1.82) is 0 Å². The molecule has 2 N–H and O–H groups in total. The van der Waals surface area contributed by atoms with Crippen LogP contribution in [0.4, 0.5) is 5.69 Å². The normalized spacial score (nSPS) is 16.0. The standard InChI is InChI=1S/C13H16N4OSe/c18-12(8-14-9-4-1-2-5-9)15-10-6-3-7-11-13(10)17-19-16-11/h3,6-7,9,14H,1-2,4-5,8H2,(H,15,18). The van der Waals surface area contributed by atoms with Crippen molar-refractivity contribution in [1.82, 2.24) is 13.3 Å². The number of carbonyl (C=O) groups excluding carboxylic acids is 1. The van der Waals surface area contributed by atoms with Gasteiger partial charge in [-0.1, -0.05) is 0 Å².